The van der Waals surface area contributed by atoms with Crippen LogP contribution in [0.25, 0.3) is 11.3 Å². The first-order valence-corrected chi connectivity index (χ1v) is 5.27. The van der Waals surface area contributed by atoms with Gasteiger partial charge in [-0.25, -0.2) is 9.97 Å². The molecule has 0 N–H and O–H groups in total. The van der Waals surface area contributed by atoms with E-state index in [0.717, 1.165) is 11.3 Å². The van der Waals surface area contributed by atoms with Crippen molar-refractivity contribution in [2.24, 2.45) is 0 Å². The SMILES string of the molecule is CC.Clc1cc(-c2ccccc2)ncn1. The van der Waals surface area contributed by atoms with Crippen LogP contribution in [0.3, 0.4) is 0 Å². The molecule has 1 aromatic heterocycles. The van der Waals surface area contributed by atoms with Crippen molar-refractivity contribution in [3.63, 3.8) is 0 Å². The Morgan fingerprint density at radius 1 is 1.00 bits per heavy atom. The molecule has 0 saturated carbocycles. The van der Waals surface area contributed by atoms with Crippen LogP contribution in [0.2, 0.25) is 5.15 Å². The third kappa shape index (κ3) is 3.33. The van der Waals surface area contributed by atoms with Gasteiger partial charge in [-0.2, -0.15) is 0 Å². The van der Waals surface area contributed by atoms with E-state index in [1.807, 2.05) is 44.2 Å². The lowest BCUT2D eigenvalue weighted by Gasteiger charge is -1.98. The smallest absolute Gasteiger partial charge is 0.133 e. The topological polar surface area (TPSA) is 25.8 Å². The number of halogens is 1. The fourth-order valence-corrected chi connectivity index (χ4v) is 1.25. The summed E-state index contributed by atoms with van der Waals surface area (Å²) in [5, 5.41) is 0.467. The molecule has 0 saturated heterocycles. The van der Waals surface area contributed by atoms with Crippen molar-refractivity contribution in [3.05, 3.63) is 47.9 Å². The van der Waals surface area contributed by atoms with Crippen molar-refractivity contribution in [2.75, 3.05) is 0 Å². The lowest BCUT2D eigenvalue weighted by Crippen LogP contribution is -1.84. The zero-order valence-electron chi connectivity index (χ0n) is 8.81. The van der Waals surface area contributed by atoms with E-state index in [-0.39, 0.29) is 0 Å². The summed E-state index contributed by atoms with van der Waals surface area (Å²) in [6, 6.07) is 11.6. The Balaban J connectivity index is 0.000000531. The second-order valence-corrected chi connectivity index (χ2v) is 2.98. The molecule has 0 bridgehead atoms. The zero-order chi connectivity index (χ0) is 11.1. The standard InChI is InChI=1S/C10H7ClN2.C2H6/c11-10-6-9(12-7-13-10)8-4-2-1-3-5-8;1-2/h1-7H;1-2H3. The Kier molecular flexibility index (Phi) is 4.78. The van der Waals surface area contributed by atoms with Gasteiger partial charge in [-0.3, -0.25) is 0 Å². The van der Waals surface area contributed by atoms with Crippen molar-refractivity contribution in [1.29, 1.82) is 0 Å². The van der Waals surface area contributed by atoms with E-state index in [4.69, 9.17) is 11.6 Å². The second-order valence-electron chi connectivity index (χ2n) is 2.59. The van der Waals surface area contributed by atoms with E-state index < -0.39 is 0 Å². The predicted molar refractivity (Wildman–Crippen MR) is 63.8 cm³/mol. The minimum absolute atomic E-state index is 0.467. The van der Waals surface area contributed by atoms with Crippen LogP contribution >= 0.6 is 11.6 Å². The average molecular weight is 221 g/mol. The van der Waals surface area contributed by atoms with Crippen molar-refractivity contribution in [3.8, 4) is 11.3 Å². The van der Waals surface area contributed by atoms with Gasteiger partial charge in [0.2, 0.25) is 0 Å². The quantitative estimate of drug-likeness (QED) is 0.683. The first-order chi connectivity index (χ1) is 7.36. The Morgan fingerprint density at radius 3 is 2.27 bits per heavy atom. The van der Waals surface area contributed by atoms with Crippen LogP contribution < -0.4 is 0 Å². The molecule has 0 radical (unpaired) electrons. The number of rotatable bonds is 1. The summed E-state index contributed by atoms with van der Waals surface area (Å²) in [6.07, 6.45) is 1.46. The number of aromatic nitrogens is 2. The molecule has 0 spiro atoms. The highest BCUT2D eigenvalue weighted by Gasteiger charge is 1.98. The summed E-state index contributed by atoms with van der Waals surface area (Å²) in [5.74, 6) is 0. The lowest BCUT2D eigenvalue weighted by atomic mass is 10.1. The van der Waals surface area contributed by atoms with E-state index in [0.29, 0.717) is 5.15 Å². The van der Waals surface area contributed by atoms with Crippen LogP contribution in [-0.4, -0.2) is 9.97 Å². The van der Waals surface area contributed by atoms with Crippen LogP contribution in [-0.2, 0) is 0 Å². The molecule has 2 aromatic rings. The molecular weight excluding hydrogens is 208 g/mol. The molecule has 2 rings (SSSR count). The van der Waals surface area contributed by atoms with Gasteiger partial charge in [-0.15, -0.1) is 0 Å². The number of hydrogen-bond acceptors (Lipinski definition) is 2. The molecule has 15 heavy (non-hydrogen) atoms. The molecule has 0 amide bonds. The highest BCUT2D eigenvalue weighted by atomic mass is 35.5. The van der Waals surface area contributed by atoms with Crippen LogP contribution in [0.5, 0.6) is 0 Å². The molecule has 78 valence electrons. The molecule has 1 heterocycles. The molecule has 0 aliphatic rings. The van der Waals surface area contributed by atoms with Gasteiger partial charge in [-0.05, 0) is 0 Å². The van der Waals surface area contributed by atoms with Crippen molar-refractivity contribution in [1.82, 2.24) is 9.97 Å². The largest absolute Gasteiger partial charge is 0.236 e. The van der Waals surface area contributed by atoms with Gasteiger partial charge in [0.25, 0.3) is 0 Å². The maximum Gasteiger partial charge on any atom is 0.133 e. The molecule has 1 aromatic carbocycles. The zero-order valence-corrected chi connectivity index (χ0v) is 9.57. The van der Waals surface area contributed by atoms with Crippen LogP contribution in [0, 0.1) is 0 Å². The Labute approximate surface area is 95.0 Å². The molecule has 3 heteroatoms. The molecule has 2 nitrogen and oxygen atoms in total. The normalized spacial score (nSPS) is 9.00. The number of nitrogens with zero attached hydrogens (tertiary/aromatic N) is 2. The van der Waals surface area contributed by atoms with E-state index in [1.54, 1.807) is 6.07 Å². The van der Waals surface area contributed by atoms with Gasteiger partial charge < -0.3 is 0 Å². The molecular formula is C12H13ClN2. The number of benzene rings is 1. The molecule has 0 aliphatic carbocycles. The average Bonchev–Trinajstić information content (AvgIpc) is 2.33. The summed E-state index contributed by atoms with van der Waals surface area (Å²) in [4.78, 5) is 7.93. The van der Waals surface area contributed by atoms with Gasteiger partial charge in [0, 0.05) is 11.6 Å². The third-order valence-electron chi connectivity index (χ3n) is 1.70. The van der Waals surface area contributed by atoms with E-state index in [9.17, 15) is 0 Å². The maximum atomic E-state index is 5.74. The van der Waals surface area contributed by atoms with Crippen molar-refractivity contribution < 1.29 is 0 Å². The predicted octanol–water partition coefficient (Wildman–Crippen LogP) is 3.82. The van der Waals surface area contributed by atoms with Crippen LogP contribution in [0.15, 0.2) is 42.7 Å². The fraction of sp³-hybridized carbons (Fsp3) is 0.167. The van der Waals surface area contributed by atoms with Crippen LogP contribution in [0.4, 0.5) is 0 Å². The first kappa shape index (κ1) is 11.7. The van der Waals surface area contributed by atoms with Gasteiger partial charge in [-0.1, -0.05) is 55.8 Å². The fourth-order valence-electron chi connectivity index (χ4n) is 1.10. The first-order valence-electron chi connectivity index (χ1n) is 4.89. The minimum Gasteiger partial charge on any atom is -0.236 e. The Hall–Kier alpha value is -1.41. The lowest BCUT2D eigenvalue weighted by molar-refractivity contribution is 1.17. The van der Waals surface area contributed by atoms with Gasteiger partial charge in [0.15, 0.2) is 0 Å². The summed E-state index contributed by atoms with van der Waals surface area (Å²) in [5.41, 5.74) is 1.90. The highest BCUT2D eigenvalue weighted by Crippen LogP contribution is 2.17. The summed E-state index contributed by atoms with van der Waals surface area (Å²) >= 11 is 5.74. The summed E-state index contributed by atoms with van der Waals surface area (Å²) in [7, 11) is 0. The van der Waals surface area contributed by atoms with Gasteiger partial charge >= 0.3 is 0 Å². The molecule has 0 atom stereocenters. The maximum absolute atomic E-state index is 5.74. The molecule has 0 unspecified atom stereocenters. The summed E-state index contributed by atoms with van der Waals surface area (Å²) < 4.78 is 0. The Morgan fingerprint density at radius 2 is 1.67 bits per heavy atom. The van der Waals surface area contributed by atoms with E-state index in [1.165, 1.54) is 6.33 Å². The van der Waals surface area contributed by atoms with E-state index in [2.05, 4.69) is 9.97 Å². The second kappa shape index (κ2) is 6.14. The number of hydrogen-bond donors (Lipinski definition) is 0. The van der Waals surface area contributed by atoms with Gasteiger partial charge in [0.05, 0.1) is 5.69 Å². The van der Waals surface area contributed by atoms with E-state index >= 15 is 0 Å². The molecule has 0 aliphatic heterocycles. The Bertz CT molecular complexity index is 401. The highest BCUT2D eigenvalue weighted by molar-refractivity contribution is 6.29. The van der Waals surface area contributed by atoms with Crippen molar-refractivity contribution >= 4 is 11.6 Å². The minimum atomic E-state index is 0.467. The third-order valence-corrected chi connectivity index (χ3v) is 1.91. The molecule has 0 fully saturated rings. The summed E-state index contributed by atoms with van der Waals surface area (Å²) in [6.45, 7) is 4.00. The van der Waals surface area contributed by atoms with Crippen LogP contribution in [0.1, 0.15) is 13.8 Å². The van der Waals surface area contributed by atoms with Crippen molar-refractivity contribution in [2.45, 2.75) is 13.8 Å². The monoisotopic (exact) mass is 220 g/mol. The van der Waals surface area contributed by atoms with Gasteiger partial charge in [0.1, 0.15) is 11.5 Å².